The molecule has 2 aromatic carbocycles. The molecule has 0 unspecified atom stereocenters. The number of carbonyl (C=O) groups excluding carboxylic acids is 2. The van der Waals surface area contributed by atoms with E-state index in [1.165, 1.54) is 0 Å². The molecule has 0 spiro atoms. The van der Waals surface area contributed by atoms with E-state index in [0.29, 0.717) is 17.1 Å². The average molecular weight is 312 g/mol. The minimum absolute atomic E-state index is 0.371. The number of nitrogens with one attached hydrogen (secondary N) is 2. The van der Waals surface area contributed by atoms with Crippen LogP contribution in [0, 0.1) is 5.41 Å². The first kappa shape index (κ1) is 16.5. The lowest BCUT2D eigenvalue weighted by atomic mass is 9.90. The molecule has 0 fully saturated rings. The molecule has 2 N–H and O–H groups in total. The van der Waals surface area contributed by atoms with Crippen molar-refractivity contribution in [3.05, 3.63) is 54.6 Å². The Morgan fingerprint density at radius 3 is 2.04 bits per heavy atom. The Bertz CT molecular complexity index is 696. The van der Waals surface area contributed by atoms with Crippen LogP contribution in [0.5, 0.6) is 5.75 Å². The van der Waals surface area contributed by atoms with Gasteiger partial charge < -0.3 is 15.4 Å². The topological polar surface area (TPSA) is 67.4 Å². The Hall–Kier alpha value is -2.82. The van der Waals surface area contributed by atoms with Crippen LogP contribution in [0.3, 0.4) is 0 Å². The Morgan fingerprint density at radius 2 is 1.43 bits per heavy atom. The van der Waals surface area contributed by atoms with Crippen molar-refractivity contribution in [3.8, 4) is 5.75 Å². The zero-order valence-electron chi connectivity index (χ0n) is 13.4. The zero-order valence-corrected chi connectivity index (χ0v) is 13.4. The van der Waals surface area contributed by atoms with E-state index in [-0.39, 0.29) is 11.8 Å². The lowest BCUT2D eigenvalue weighted by Gasteiger charge is -2.22. The largest absolute Gasteiger partial charge is 0.497 e. The fourth-order valence-electron chi connectivity index (χ4n) is 1.90. The third-order valence-corrected chi connectivity index (χ3v) is 3.49. The molecule has 0 bridgehead atoms. The molecule has 0 heterocycles. The molecule has 0 aliphatic carbocycles. The molecule has 0 saturated carbocycles. The van der Waals surface area contributed by atoms with Crippen molar-refractivity contribution < 1.29 is 14.3 Å². The highest BCUT2D eigenvalue weighted by atomic mass is 16.5. The highest BCUT2D eigenvalue weighted by molar-refractivity contribution is 6.14. The van der Waals surface area contributed by atoms with Gasteiger partial charge in [-0.05, 0) is 38.1 Å². The molecule has 0 atom stereocenters. The van der Waals surface area contributed by atoms with Gasteiger partial charge in [-0.2, -0.15) is 0 Å². The summed E-state index contributed by atoms with van der Waals surface area (Å²) < 4.78 is 5.12. The van der Waals surface area contributed by atoms with Crippen LogP contribution in [0.4, 0.5) is 11.4 Å². The van der Waals surface area contributed by atoms with Crippen LogP contribution in [-0.2, 0) is 9.59 Å². The van der Waals surface area contributed by atoms with Crippen LogP contribution in [0.2, 0.25) is 0 Å². The van der Waals surface area contributed by atoms with E-state index < -0.39 is 5.41 Å². The lowest BCUT2D eigenvalue weighted by Crippen LogP contribution is -2.41. The molecule has 0 radical (unpaired) electrons. The van der Waals surface area contributed by atoms with E-state index >= 15 is 0 Å². The van der Waals surface area contributed by atoms with Crippen LogP contribution < -0.4 is 15.4 Å². The zero-order chi connectivity index (χ0) is 16.9. The predicted octanol–water partition coefficient (Wildman–Crippen LogP) is 3.30. The molecule has 0 aliphatic rings. The molecule has 2 rings (SSSR count). The van der Waals surface area contributed by atoms with Gasteiger partial charge in [0, 0.05) is 17.4 Å². The highest BCUT2D eigenvalue weighted by Crippen LogP contribution is 2.23. The second kappa shape index (κ2) is 6.96. The van der Waals surface area contributed by atoms with E-state index in [0.717, 1.165) is 0 Å². The summed E-state index contributed by atoms with van der Waals surface area (Å²) in [6, 6.07) is 16.0. The minimum atomic E-state index is -1.22. The van der Waals surface area contributed by atoms with E-state index in [4.69, 9.17) is 4.74 Å². The number of hydrogen-bond donors (Lipinski definition) is 2. The maximum Gasteiger partial charge on any atom is 0.239 e. The van der Waals surface area contributed by atoms with Gasteiger partial charge in [-0.25, -0.2) is 0 Å². The maximum absolute atomic E-state index is 12.5. The summed E-state index contributed by atoms with van der Waals surface area (Å²) in [4.78, 5) is 24.8. The minimum Gasteiger partial charge on any atom is -0.497 e. The second-order valence-electron chi connectivity index (χ2n) is 5.63. The molecular formula is C18H20N2O3. The summed E-state index contributed by atoms with van der Waals surface area (Å²) in [6.45, 7) is 3.17. The number of ether oxygens (including phenoxy) is 1. The average Bonchev–Trinajstić information content (AvgIpc) is 2.55. The predicted molar refractivity (Wildman–Crippen MR) is 90.5 cm³/mol. The van der Waals surface area contributed by atoms with Crippen molar-refractivity contribution in [2.75, 3.05) is 17.7 Å². The Morgan fingerprint density at radius 1 is 0.870 bits per heavy atom. The SMILES string of the molecule is COc1cccc(NC(=O)C(C)(C)C(=O)Nc2ccccc2)c1. The van der Waals surface area contributed by atoms with Crippen molar-refractivity contribution in [2.24, 2.45) is 5.41 Å². The van der Waals surface area contributed by atoms with Gasteiger partial charge in [0.1, 0.15) is 11.2 Å². The van der Waals surface area contributed by atoms with Crippen molar-refractivity contribution in [2.45, 2.75) is 13.8 Å². The molecule has 0 aliphatic heterocycles. The smallest absolute Gasteiger partial charge is 0.239 e. The van der Waals surface area contributed by atoms with Crippen molar-refractivity contribution in [1.29, 1.82) is 0 Å². The van der Waals surface area contributed by atoms with Gasteiger partial charge in [0.25, 0.3) is 0 Å². The summed E-state index contributed by atoms with van der Waals surface area (Å²) in [5, 5.41) is 5.49. The Balaban J connectivity index is 2.08. The third kappa shape index (κ3) is 4.10. The summed E-state index contributed by atoms with van der Waals surface area (Å²) in [7, 11) is 1.55. The van der Waals surface area contributed by atoms with Crippen LogP contribution in [0.25, 0.3) is 0 Å². The fraction of sp³-hybridized carbons (Fsp3) is 0.222. The normalized spacial score (nSPS) is 10.7. The number of para-hydroxylation sites is 1. The third-order valence-electron chi connectivity index (χ3n) is 3.49. The molecule has 2 amide bonds. The van der Waals surface area contributed by atoms with Crippen molar-refractivity contribution >= 4 is 23.2 Å². The van der Waals surface area contributed by atoms with Crippen LogP contribution in [0.1, 0.15) is 13.8 Å². The highest BCUT2D eigenvalue weighted by Gasteiger charge is 2.36. The molecule has 5 nitrogen and oxygen atoms in total. The first-order valence-corrected chi connectivity index (χ1v) is 7.25. The van der Waals surface area contributed by atoms with Gasteiger partial charge in [0.15, 0.2) is 0 Å². The summed E-state index contributed by atoms with van der Waals surface area (Å²) in [5.41, 5.74) is 0.00790. The van der Waals surface area contributed by atoms with Gasteiger partial charge in [0.2, 0.25) is 11.8 Å². The first-order chi connectivity index (χ1) is 10.9. The van der Waals surface area contributed by atoms with Gasteiger partial charge >= 0.3 is 0 Å². The Labute approximate surface area is 135 Å². The second-order valence-corrected chi connectivity index (χ2v) is 5.63. The monoisotopic (exact) mass is 312 g/mol. The van der Waals surface area contributed by atoms with Crippen LogP contribution in [0.15, 0.2) is 54.6 Å². The number of anilines is 2. The van der Waals surface area contributed by atoms with E-state index in [9.17, 15) is 9.59 Å². The van der Waals surface area contributed by atoms with Crippen LogP contribution in [-0.4, -0.2) is 18.9 Å². The fourth-order valence-corrected chi connectivity index (χ4v) is 1.90. The quantitative estimate of drug-likeness (QED) is 0.832. The number of rotatable bonds is 5. The summed E-state index contributed by atoms with van der Waals surface area (Å²) in [5.74, 6) is -0.127. The van der Waals surface area contributed by atoms with Gasteiger partial charge in [-0.3, -0.25) is 9.59 Å². The number of amides is 2. The van der Waals surface area contributed by atoms with E-state index in [1.807, 2.05) is 18.2 Å². The molecule has 23 heavy (non-hydrogen) atoms. The molecule has 5 heteroatoms. The number of benzene rings is 2. The van der Waals surface area contributed by atoms with E-state index in [2.05, 4.69) is 10.6 Å². The first-order valence-electron chi connectivity index (χ1n) is 7.25. The van der Waals surface area contributed by atoms with Crippen molar-refractivity contribution in [3.63, 3.8) is 0 Å². The van der Waals surface area contributed by atoms with Gasteiger partial charge in [-0.15, -0.1) is 0 Å². The van der Waals surface area contributed by atoms with Crippen molar-refractivity contribution in [1.82, 2.24) is 0 Å². The summed E-state index contributed by atoms with van der Waals surface area (Å²) in [6.07, 6.45) is 0. The van der Waals surface area contributed by atoms with Gasteiger partial charge in [-0.1, -0.05) is 24.3 Å². The number of hydrogen-bond acceptors (Lipinski definition) is 3. The van der Waals surface area contributed by atoms with Crippen LogP contribution >= 0.6 is 0 Å². The molecule has 0 aromatic heterocycles. The van der Waals surface area contributed by atoms with Gasteiger partial charge in [0.05, 0.1) is 7.11 Å². The standard InChI is InChI=1S/C18H20N2O3/c1-18(2,16(21)19-13-8-5-4-6-9-13)17(22)20-14-10-7-11-15(12-14)23-3/h4-12H,1-3H3,(H,19,21)(H,20,22). The number of carbonyl (C=O) groups is 2. The van der Waals surface area contributed by atoms with E-state index in [1.54, 1.807) is 57.4 Å². The molecule has 120 valence electrons. The lowest BCUT2D eigenvalue weighted by molar-refractivity contribution is -0.135. The number of methoxy groups -OCH3 is 1. The Kier molecular flexibility index (Phi) is 5.01. The molecular weight excluding hydrogens is 292 g/mol. The molecule has 0 saturated heterocycles. The maximum atomic E-state index is 12.5. The molecule has 2 aromatic rings. The summed E-state index contributed by atoms with van der Waals surface area (Å²) >= 11 is 0.